The third-order valence-corrected chi connectivity index (χ3v) is 3.57. The van der Waals surface area contributed by atoms with E-state index in [0.717, 1.165) is 6.08 Å². The molecule has 0 unspecified atom stereocenters. The number of halogens is 4. The molecule has 0 fully saturated rings. The SMILES string of the molecule is O=C(C=Cc1c(F)cccc1Cl)Nc1c(Cl)cccc1Cl. The minimum atomic E-state index is -0.512. The van der Waals surface area contributed by atoms with Crippen molar-refractivity contribution in [3.63, 3.8) is 0 Å². The quantitative estimate of drug-likeness (QED) is 0.738. The van der Waals surface area contributed by atoms with Gasteiger partial charge in [-0.3, -0.25) is 4.79 Å². The van der Waals surface area contributed by atoms with Crippen molar-refractivity contribution in [1.29, 1.82) is 0 Å². The van der Waals surface area contributed by atoms with Crippen molar-refractivity contribution in [2.75, 3.05) is 5.32 Å². The Morgan fingerprint density at radius 2 is 1.57 bits per heavy atom. The molecule has 0 atom stereocenters. The molecule has 0 aromatic heterocycles. The van der Waals surface area contributed by atoms with Gasteiger partial charge in [-0.15, -0.1) is 0 Å². The number of carbonyl (C=O) groups excluding carboxylic acids is 1. The van der Waals surface area contributed by atoms with E-state index in [2.05, 4.69) is 5.32 Å². The van der Waals surface area contributed by atoms with E-state index in [1.54, 1.807) is 18.2 Å². The first-order valence-electron chi connectivity index (χ1n) is 5.86. The average Bonchev–Trinajstić information content (AvgIpc) is 2.42. The molecule has 2 aromatic carbocycles. The van der Waals surface area contributed by atoms with Crippen LogP contribution in [0, 0.1) is 5.82 Å². The molecule has 0 aliphatic rings. The molecule has 0 saturated carbocycles. The maximum atomic E-state index is 13.5. The van der Waals surface area contributed by atoms with Crippen LogP contribution in [-0.2, 0) is 4.79 Å². The first kappa shape index (κ1) is 15.8. The van der Waals surface area contributed by atoms with Crippen LogP contribution in [0.3, 0.4) is 0 Å². The Labute approximate surface area is 136 Å². The molecule has 2 nitrogen and oxygen atoms in total. The predicted molar refractivity (Wildman–Crippen MR) is 85.5 cm³/mol. The number of rotatable bonds is 3. The number of hydrogen-bond acceptors (Lipinski definition) is 1. The highest BCUT2D eigenvalue weighted by Crippen LogP contribution is 2.29. The summed E-state index contributed by atoms with van der Waals surface area (Å²) >= 11 is 17.7. The van der Waals surface area contributed by atoms with Crippen LogP contribution in [0.4, 0.5) is 10.1 Å². The summed E-state index contributed by atoms with van der Waals surface area (Å²) < 4.78 is 13.5. The molecule has 0 spiro atoms. The fourth-order valence-electron chi connectivity index (χ4n) is 1.61. The summed E-state index contributed by atoms with van der Waals surface area (Å²) in [5, 5.41) is 3.38. The Bertz CT molecular complexity index is 676. The van der Waals surface area contributed by atoms with E-state index in [0.29, 0.717) is 15.7 Å². The summed E-state index contributed by atoms with van der Waals surface area (Å²) in [5.74, 6) is -1.01. The van der Waals surface area contributed by atoms with Gasteiger partial charge in [-0.05, 0) is 30.3 Å². The molecule has 0 saturated heterocycles. The summed E-state index contributed by atoms with van der Waals surface area (Å²) in [5.41, 5.74) is 0.440. The van der Waals surface area contributed by atoms with Crippen molar-refractivity contribution in [2.45, 2.75) is 0 Å². The molecule has 1 amide bonds. The van der Waals surface area contributed by atoms with Crippen molar-refractivity contribution in [3.05, 3.63) is 68.9 Å². The van der Waals surface area contributed by atoms with Gasteiger partial charge in [-0.2, -0.15) is 0 Å². The van der Waals surface area contributed by atoms with Gasteiger partial charge in [0.1, 0.15) is 5.82 Å². The molecule has 0 aliphatic heterocycles. The van der Waals surface area contributed by atoms with E-state index in [-0.39, 0.29) is 10.6 Å². The fraction of sp³-hybridized carbons (Fsp3) is 0. The van der Waals surface area contributed by atoms with Crippen LogP contribution < -0.4 is 5.32 Å². The smallest absolute Gasteiger partial charge is 0.248 e. The van der Waals surface area contributed by atoms with Gasteiger partial charge in [0, 0.05) is 11.6 Å². The summed E-state index contributed by atoms with van der Waals surface area (Å²) in [6.07, 6.45) is 2.45. The third kappa shape index (κ3) is 3.97. The molecular formula is C15H9Cl3FNO. The number of nitrogens with one attached hydrogen (secondary N) is 1. The average molecular weight is 345 g/mol. The maximum Gasteiger partial charge on any atom is 0.248 e. The second kappa shape index (κ2) is 6.94. The summed E-state index contributed by atoms with van der Waals surface area (Å²) in [4.78, 5) is 11.8. The Morgan fingerprint density at radius 3 is 2.19 bits per heavy atom. The van der Waals surface area contributed by atoms with Crippen LogP contribution in [0.2, 0.25) is 15.1 Å². The highest BCUT2D eigenvalue weighted by Gasteiger charge is 2.08. The zero-order chi connectivity index (χ0) is 15.4. The predicted octanol–water partition coefficient (Wildman–Crippen LogP) is 5.44. The van der Waals surface area contributed by atoms with Crippen molar-refractivity contribution in [3.8, 4) is 0 Å². The molecule has 2 aromatic rings. The largest absolute Gasteiger partial charge is 0.320 e. The number of anilines is 1. The number of amides is 1. The molecule has 0 radical (unpaired) electrons. The summed E-state index contributed by atoms with van der Waals surface area (Å²) in [6.45, 7) is 0. The van der Waals surface area contributed by atoms with E-state index in [1.807, 2.05) is 0 Å². The van der Waals surface area contributed by atoms with Crippen molar-refractivity contribution < 1.29 is 9.18 Å². The van der Waals surface area contributed by atoms with Crippen LogP contribution in [0.1, 0.15) is 5.56 Å². The Morgan fingerprint density at radius 1 is 1.00 bits per heavy atom. The van der Waals surface area contributed by atoms with Crippen LogP contribution >= 0.6 is 34.8 Å². The monoisotopic (exact) mass is 343 g/mol. The lowest BCUT2D eigenvalue weighted by molar-refractivity contribution is -0.111. The number of carbonyl (C=O) groups is 1. The van der Waals surface area contributed by atoms with Crippen molar-refractivity contribution >= 4 is 52.5 Å². The standard InChI is InChI=1S/C15H9Cl3FNO/c16-10-3-2-6-13(19)9(10)7-8-14(21)20-15-11(17)4-1-5-12(15)18/h1-8H,(H,20,21). The lowest BCUT2D eigenvalue weighted by atomic mass is 10.2. The Balaban J connectivity index is 2.17. The molecular weight excluding hydrogens is 336 g/mol. The molecule has 2 rings (SSSR count). The first-order valence-corrected chi connectivity index (χ1v) is 6.99. The molecule has 21 heavy (non-hydrogen) atoms. The van der Waals surface area contributed by atoms with E-state index >= 15 is 0 Å². The minimum absolute atomic E-state index is 0.138. The lowest BCUT2D eigenvalue weighted by Gasteiger charge is -2.07. The topological polar surface area (TPSA) is 29.1 Å². The molecule has 6 heteroatoms. The molecule has 0 aliphatic carbocycles. The van der Waals surface area contributed by atoms with E-state index in [9.17, 15) is 9.18 Å². The third-order valence-electron chi connectivity index (χ3n) is 2.61. The van der Waals surface area contributed by atoms with E-state index in [4.69, 9.17) is 34.8 Å². The Hall–Kier alpha value is -1.55. The highest BCUT2D eigenvalue weighted by molar-refractivity contribution is 6.40. The lowest BCUT2D eigenvalue weighted by Crippen LogP contribution is -2.08. The van der Waals surface area contributed by atoms with Gasteiger partial charge in [-0.25, -0.2) is 4.39 Å². The van der Waals surface area contributed by atoms with Gasteiger partial charge in [0.2, 0.25) is 5.91 Å². The van der Waals surface area contributed by atoms with Gasteiger partial charge < -0.3 is 5.32 Å². The minimum Gasteiger partial charge on any atom is -0.320 e. The summed E-state index contributed by atoms with van der Waals surface area (Å²) in [7, 11) is 0. The van der Waals surface area contributed by atoms with Gasteiger partial charge in [0.25, 0.3) is 0 Å². The van der Waals surface area contributed by atoms with Gasteiger partial charge in [-0.1, -0.05) is 46.9 Å². The number of para-hydroxylation sites is 1. The number of hydrogen-bond donors (Lipinski definition) is 1. The van der Waals surface area contributed by atoms with Crippen LogP contribution in [-0.4, -0.2) is 5.91 Å². The normalized spacial score (nSPS) is 10.9. The van der Waals surface area contributed by atoms with Gasteiger partial charge >= 0.3 is 0 Å². The highest BCUT2D eigenvalue weighted by atomic mass is 35.5. The van der Waals surface area contributed by atoms with Crippen LogP contribution in [0.5, 0.6) is 0 Å². The first-order chi connectivity index (χ1) is 9.99. The zero-order valence-electron chi connectivity index (χ0n) is 10.5. The van der Waals surface area contributed by atoms with Gasteiger partial charge in [0.05, 0.1) is 20.8 Å². The van der Waals surface area contributed by atoms with Gasteiger partial charge in [0.15, 0.2) is 0 Å². The Kier molecular flexibility index (Phi) is 5.23. The number of benzene rings is 2. The van der Waals surface area contributed by atoms with Crippen molar-refractivity contribution in [2.24, 2.45) is 0 Å². The van der Waals surface area contributed by atoms with Crippen LogP contribution in [0.15, 0.2) is 42.5 Å². The molecule has 1 N–H and O–H groups in total. The summed E-state index contributed by atoms with van der Waals surface area (Å²) in [6, 6.07) is 9.14. The van der Waals surface area contributed by atoms with Crippen molar-refractivity contribution in [1.82, 2.24) is 0 Å². The molecule has 0 heterocycles. The molecule has 108 valence electrons. The zero-order valence-corrected chi connectivity index (χ0v) is 12.8. The fourth-order valence-corrected chi connectivity index (χ4v) is 2.33. The second-order valence-corrected chi connectivity index (χ2v) is 5.28. The van der Waals surface area contributed by atoms with E-state index in [1.165, 1.54) is 24.3 Å². The second-order valence-electron chi connectivity index (χ2n) is 4.05. The maximum absolute atomic E-state index is 13.5. The molecule has 0 bridgehead atoms. The van der Waals surface area contributed by atoms with Crippen LogP contribution in [0.25, 0.3) is 6.08 Å². The van der Waals surface area contributed by atoms with E-state index < -0.39 is 11.7 Å².